The minimum Gasteiger partial charge on any atom is -0.384 e. The third-order valence-electron chi connectivity index (χ3n) is 2.93. The van der Waals surface area contributed by atoms with Gasteiger partial charge in [-0.2, -0.15) is 0 Å². The van der Waals surface area contributed by atoms with Crippen LogP contribution in [0.15, 0.2) is 12.1 Å². The summed E-state index contributed by atoms with van der Waals surface area (Å²) in [4.78, 5) is 18.3. The fourth-order valence-electron chi connectivity index (χ4n) is 2.34. The number of carbonyl (C=O) groups excluding carboxylic acids is 1. The molecule has 98 valence electrons. The van der Waals surface area contributed by atoms with Crippen molar-refractivity contribution in [2.24, 2.45) is 0 Å². The first-order valence-corrected chi connectivity index (χ1v) is 6.14. The number of morpholine rings is 1. The van der Waals surface area contributed by atoms with Crippen LogP contribution in [0.2, 0.25) is 0 Å². The van der Waals surface area contributed by atoms with Gasteiger partial charge in [0.05, 0.1) is 12.2 Å². The minimum absolute atomic E-state index is 0.00537. The first kappa shape index (κ1) is 12.8. The Hall–Kier alpha value is -1.62. The lowest BCUT2D eigenvalue weighted by molar-refractivity contribution is -0.0586. The van der Waals surface area contributed by atoms with Crippen LogP contribution in [0.25, 0.3) is 0 Å². The molecule has 0 aliphatic carbocycles. The zero-order valence-corrected chi connectivity index (χ0v) is 11.0. The van der Waals surface area contributed by atoms with Gasteiger partial charge in [-0.25, -0.2) is 4.98 Å². The molecule has 0 bridgehead atoms. The number of amides is 1. The lowest BCUT2D eigenvalue weighted by Gasteiger charge is -2.35. The summed E-state index contributed by atoms with van der Waals surface area (Å²) in [5, 5.41) is 0. The smallest absolute Gasteiger partial charge is 0.254 e. The number of aryl methyl sites for hydroxylation is 1. The Kier molecular flexibility index (Phi) is 3.52. The van der Waals surface area contributed by atoms with E-state index in [-0.39, 0.29) is 18.1 Å². The molecule has 1 fully saturated rings. The number of nitrogens with zero attached hydrogens (tertiary/aromatic N) is 2. The van der Waals surface area contributed by atoms with Gasteiger partial charge < -0.3 is 15.4 Å². The van der Waals surface area contributed by atoms with Gasteiger partial charge in [-0.3, -0.25) is 4.79 Å². The van der Waals surface area contributed by atoms with E-state index in [0.717, 1.165) is 5.69 Å². The number of hydrogen-bond donors (Lipinski definition) is 1. The third-order valence-corrected chi connectivity index (χ3v) is 2.93. The molecular formula is C13H19N3O2. The maximum absolute atomic E-state index is 12.4. The minimum atomic E-state index is -0.00537. The van der Waals surface area contributed by atoms with Crippen LogP contribution in [-0.4, -0.2) is 41.1 Å². The van der Waals surface area contributed by atoms with E-state index >= 15 is 0 Å². The highest BCUT2D eigenvalue weighted by atomic mass is 16.5. The number of rotatable bonds is 1. The van der Waals surface area contributed by atoms with Crippen molar-refractivity contribution in [3.63, 3.8) is 0 Å². The maximum Gasteiger partial charge on any atom is 0.254 e. The molecule has 1 aromatic heterocycles. The number of nitrogens with two attached hydrogens (primary N) is 1. The van der Waals surface area contributed by atoms with Gasteiger partial charge in [0.1, 0.15) is 5.82 Å². The molecule has 2 heterocycles. The number of ether oxygens (including phenoxy) is 1. The second-order valence-corrected chi connectivity index (χ2v) is 4.89. The zero-order chi connectivity index (χ0) is 13.3. The fraction of sp³-hybridized carbons (Fsp3) is 0.538. The van der Waals surface area contributed by atoms with Crippen LogP contribution in [0, 0.1) is 6.92 Å². The monoisotopic (exact) mass is 249 g/mol. The van der Waals surface area contributed by atoms with Gasteiger partial charge in [0, 0.05) is 24.3 Å². The van der Waals surface area contributed by atoms with Crippen LogP contribution in [0.3, 0.4) is 0 Å². The number of hydrogen-bond acceptors (Lipinski definition) is 4. The van der Waals surface area contributed by atoms with Crippen LogP contribution < -0.4 is 5.73 Å². The molecular weight excluding hydrogens is 230 g/mol. The molecule has 1 aliphatic heterocycles. The van der Waals surface area contributed by atoms with E-state index in [9.17, 15) is 4.79 Å². The van der Waals surface area contributed by atoms with E-state index in [2.05, 4.69) is 4.98 Å². The number of carbonyl (C=O) groups is 1. The first-order valence-electron chi connectivity index (χ1n) is 6.14. The highest BCUT2D eigenvalue weighted by molar-refractivity contribution is 5.95. The van der Waals surface area contributed by atoms with Crippen LogP contribution in [0.4, 0.5) is 5.82 Å². The summed E-state index contributed by atoms with van der Waals surface area (Å²) < 4.78 is 5.62. The molecule has 2 atom stereocenters. The molecule has 1 amide bonds. The standard InChI is InChI=1S/C13H19N3O2/c1-8-4-11(5-12(14)15-8)13(17)16-6-9(2)18-10(3)7-16/h4-5,9-10H,6-7H2,1-3H3,(H2,14,15)/t9-,10+. The number of aromatic nitrogens is 1. The van der Waals surface area contributed by atoms with Crippen molar-refractivity contribution < 1.29 is 9.53 Å². The average molecular weight is 249 g/mol. The van der Waals surface area contributed by atoms with E-state index in [1.807, 2.05) is 25.7 Å². The summed E-state index contributed by atoms with van der Waals surface area (Å²) in [7, 11) is 0. The van der Waals surface area contributed by atoms with Gasteiger partial charge >= 0.3 is 0 Å². The summed E-state index contributed by atoms with van der Waals surface area (Å²) in [6.07, 6.45) is 0.135. The molecule has 1 saturated heterocycles. The highest BCUT2D eigenvalue weighted by Crippen LogP contribution is 2.16. The van der Waals surface area contributed by atoms with Crippen molar-refractivity contribution >= 4 is 11.7 Å². The summed E-state index contributed by atoms with van der Waals surface area (Å²) in [5.41, 5.74) is 7.03. The molecule has 2 rings (SSSR count). The Morgan fingerprint density at radius 1 is 1.39 bits per heavy atom. The molecule has 0 saturated carbocycles. The molecule has 0 radical (unpaired) electrons. The Morgan fingerprint density at radius 3 is 2.56 bits per heavy atom. The number of pyridine rings is 1. The van der Waals surface area contributed by atoms with Gasteiger partial charge in [-0.15, -0.1) is 0 Å². The molecule has 5 nitrogen and oxygen atoms in total. The Bertz CT molecular complexity index is 431. The number of anilines is 1. The predicted octanol–water partition coefficient (Wildman–Crippen LogP) is 1.22. The second kappa shape index (κ2) is 4.94. The fourth-order valence-corrected chi connectivity index (χ4v) is 2.34. The quantitative estimate of drug-likeness (QED) is 0.812. The number of nitrogen functional groups attached to an aromatic ring is 1. The molecule has 0 spiro atoms. The molecule has 18 heavy (non-hydrogen) atoms. The van der Waals surface area contributed by atoms with Crippen LogP contribution >= 0.6 is 0 Å². The van der Waals surface area contributed by atoms with Gasteiger partial charge in [-0.05, 0) is 32.9 Å². The SMILES string of the molecule is Cc1cc(C(=O)N2C[C@@H](C)O[C@@H](C)C2)cc(N)n1. The topological polar surface area (TPSA) is 68.5 Å². The van der Waals surface area contributed by atoms with Crippen molar-refractivity contribution in [2.75, 3.05) is 18.8 Å². The Balaban J connectivity index is 2.20. The molecule has 5 heteroatoms. The van der Waals surface area contributed by atoms with Gasteiger partial charge in [0.25, 0.3) is 5.91 Å². The van der Waals surface area contributed by atoms with E-state index in [4.69, 9.17) is 10.5 Å². The summed E-state index contributed by atoms with van der Waals surface area (Å²) in [6.45, 7) is 7.01. The normalized spacial score (nSPS) is 24.1. The molecule has 0 unspecified atom stereocenters. The van der Waals surface area contributed by atoms with Gasteiger partial charge in [0.2, 0.25) is 0 Å². The maximum atomic E-state index is 12.4. The predicted molar refractivity (Wildman–Crippen MR) is 69.3 cm³/mol. The first-order chi connectivity index (χ1) is 8.45. The van der Waals surface area contributed by atoms with Crippen molar-refractivity contribution in [1.29, 1.82) is 0 Å². The third kappa shape index (κ3) is 2.79. The molecule has 2 N–H and O–H groups in total. The lowest BCUT2D eigenvalue weighted by atomic mass is 10.1. The van der Waals surface area contributed by atoms with Gasteiger partial charge in [-0.1, -0.05) is 0 Å². The van der Waals surface area contributed by atoms with Crippen LogP contribution in [-0.2, 0) is 4.74 Å². The van der Waals surface area contributed by atoms with E-state index in [0.29, 0.717) is 24.5 Å². The average Bonchev–Trinajstić information content (AvgIpc) is 2.25. The van der Waals surface area contributed by atoms with E-state index in [1.165, 1.54) is 0 Å². The zero-order valence-electron chi connectivity index (χ0n) is 11.0. The van der Waals surface area contributed by atoms with Crippen molar-refractivity contribution in [3.05, 3.63) is 23.4 Å². The van der Waals surface area contributed by atoms with Crippen LogP contribution in [0.5, 0.6) is 0 Å². The summed E-state index contributed by atoms with van der Waals surface area (Å²) >= 11 is 0. The molecule has 1 aliphatic rings. The highest BCUT2D eigenvalue weighted by Gasteiger charge is 2.26. The largest absolute Gasteiger partial charge is 0.384 e. The van der Waals surface area contributed by atoms with Crippen molar-refractivity contribution in [1.82, 2.24) is 9.88 Å². The Labute approximate surface area is 107 Å². The van der Waals surface area contributed by atoms with E-state index in [1.54, 1.807) is 12.1 Å². The lowest BCUT2D eigenvalue weighted by Crippen LogP contribution is -2.48. The van der Waals surface area contributed by atoms with Crippen molar-refractivity contribution in [2.45, 2.75) is 33.0 Å². The molecule has 1 aromatic rings. The molecule has 0 aromatic carbocycles. The summed E-state index contributed by atoms with van der Waals surface area (Å²) in [6, 6.07) is 3.39. The Morgan fingerprint density at radius 2 is 2.00 bits per heavy atom. The summed E-state index contributed by atoms with van der Waals surface area (Å²) in [5.74, 6) is 0.377. The van der Waals surface area contributed by atoms with Crippen LogP contribution in [0.1, 0.15) is 29.9 Å². The van der Waals surface area contributed by atoms with Crippen molar-refractivity contribution in [3.8, 4) is 0 Å². The van der Waals surface area contributed by atoms with E-state index < -0.39 is 0 Å². The van der Waals surface area contributed by atoms with Gasteiger partial charge in [0.15, 0.2) is 0 Å². The second-order valence-electron chi connectivity index (χ2n) is 4.89.